The van der Waals surface area contributed by atoms with Gasteiger partial charge in [0.2, 0.25) is 0 Å². The van der Waals surface area contributed by atoms with E-state index in [4.69, 9.17) is 32.3 Å². The van der Waals surface area contributed by atoms with E-state index in [2.05, 4.69) is 227 Å². The average Bonchev–Trinajstić information content (AvgIpc) is 1.07. The van der Waals surface area contributed by atoms with Gasteiger partial charge in [-0.1, -0.05) is 362 Å². The van der Waals surface area contributed by atoms with E-state index in [0.29, 0.717) is 19.3 Å². The summed E-state index contributed by atoms with van der Waals surface area (Å²) in [5.74, 6) is -1.62. The van der Waals surface area contributed by atoms with Crippen molar-refractivity contribution in [3.05, 3.63) is 207 Å². The molecule has 0 amide bonds. The van der Waals surface area contributed by atoms with Crippen molar-refractivity contribution in [3.63, 3.8) is 0 Å². The van der Waals surface area contributed by atoms with Crippen LogP contribution < -0.4 is 0 Å². The lowest BCUT2D eigenvalue weighted by molar-refractivity contribution is -0.161. The Morgan fingerprint density at radius 1 is 0.239 bits per heavy atom. The fourth-order valence-corrected chi connectivity index (χ4v) is 13.3. The molecule has 0 radical (unpaired) electrons. The first kappa shape index (κ1) is 111. The Balaban J connectivity index is 4.67. The first-order chi connectivity index (χ1) is 57.2. The van der Waals surface area contributed by atoms with Crippen LogP contribution in [0.4, 0.5) is 0 Å². The second-order valence-electron chi connectivity index (χ2n) is 29.6. The van der Waals surface area contributed by atoms with E-state index >= 15 is 0 Å². The largest absolute Gasteiger partial charge is 0.472 e. The average molecular weight is 1670 g/mol. The molecule has 0 heterocycles. The van der Waals surface area contributed by atoms with Crippen LogP contribution in [0.25, 0.3) is 0 Å². The summed E-state index contributed by atoms with van der Waals surface area (Å²) >= 11 is 0. The van der Waals surface area contributed by atoms with Crippen molar-refractivity contribution in [3.8, 4) is 0 Å². The monoisotopic (exact) mass is 1670 g/mol. The molecule has 0 fully saturated rings. The van der Waals surface area contributed by atoms with Crippen molar-refractivity contribution in [1.82, 2.24) is 0 Å². The van der Waals surface area contributed by atoms with Gasteiger partial charge in [-0.3, -0.25) is 32.5 Å². The number of allylic oxidation sites excluding steroid dienone is 34. The first-order valence-electron chi connectivity index (χ1n) is 45.4. The van der Waals surface area contributed by atoms with Crippen LogP contribution in [0.5, 0.6) is 0 Å². The van der Waals surface area contributed by atoms with Gasteiger partial charge in [0.1, 0.15) is 25.4 Å². The van der Waals surface area contributed by atoms with Crippen LogP contribution in [0.2, 0.25) is 0 Å². The molecule has 0 aliphatic rings. The number of hydrogen-bond acceptors (Lipinski definition) is 14. The van der Waals surface area contributed by atoms with Crippen molar-refractivity contribution in [2.45, 2.75) is 360 Å². The molecule has 0 aromatic heterocycles. The number of rotatable bonds is 84. The fourth-order valence-electron chi connectivity index (χ4n) is 11.7. The molecular formula is C99H162O16P2. The van der Waals surface area contributed by atoms with Crippen molar-refractivity contribution in [2.75, 3.05) is 39.6 Å². The summed E-state index contributed by atoms with van der Waals surface area (Å²) in [6.45, 7) is 2.31. The number of aliphatic hydroxyl groups is 2. The second kappa shape index (κ2) is 89.4. The number of esters is 3. The minimum Gasteiger partial charge on any atom is -0.463 e. The summed E-state index contributed by atoms with van der Waals surface area (Å²) in [6, 6.07) is 0. The number of ether oxygens (including phenoxy) is 3. The van der Waals surface area contributed by atoms with Gasteiger partial charge in [-0.05, 0) is 167 Å². The minimum atomic E-state index is -4.96. The van der Waals surface area contributed by atoms with Crippen LogP contribution in [0.3, 0.4) is 0 Å². The van der Waals surface area contributed by atoms with E-state index in [9.17, 15) is 43.5 Å². The number of phosphoric ester groups is 2. The quantitative estimate of drug-likeness (QED) is 0.0146. The van der Waals surface area contributed by atoms with Crippen LogP contribution in [0.1, 0.15) is 342 Å². The Kier molecular flexibility index (Phi) is 84.9. The lowest BCUT2D eigenvalue weighted by Gasteiger charge is -2.21. The van der Waals surface area contributed by atoms with Crippen molar-refractivity contribution >= 4 is 33.6 Å². The Bertz CT molecular complexity index is 2960. The van der Waals surface area contributed by atoms with Gasteiger partial charge in [-0.2, -0.15) is 0 Å². The summed E-state index contributed by atoms with van der Waals surface area (Å²) < 4.78 is 61.4. The van der Waals surface area contributed by atoms with E-state index in [1.54, 1.807) is 0 Å². The zero-order valence-electron chi connectivity index (χ0n) is 73.0. The maximum absolute atomic E-state index is 13.1. The van der Waals surface area contributed by atoms with Crippen LogP contribution >= 0.6 is 15.6 Å². The number of carbonyl (C=O) groups excluding carboxylic acids is 3. The molecule has 0 bridgehead atoms. The Hall–Kier alpha value is -5.87. The van der Waals surface area contributed by atoms with Crippen molar-refractivity contribution < 1.29 is 75.8 Å². The predicted octanol–water partition coefficient (Wildman–Crippen LogP) is 28.0. The van der Waals surface area contributed by atoms with E-state index in [-0.39, 0.29) is 19.3 Å². The highest BCUT2D eigenvalue weighted by Gasteiger charge is 2.29. The lowest BCUT2D eigenvalue weighted by atomic mass is 10.0. The molecule has 117 heavy (non-hydrogen) atoms. The van der Waals surface area contributed by atoms with Gasteiger partial charge in [-0.25, -0.2) is 9.13 Å². The number of hydrogen-bond donors (Lipinski definition) is 4. The SMILES string of the molecule is CC/C=C\C/C=C\C/C=C\C/C=C\C/C=C\C/C=C\CCCCCCCCCCC(=O)OCC(COP(=O)(O)OCC(O)COP(=O)(O)OCC(O)COC(=O)CCCCCCCCCCCCCCCCC/C=C\C/C=C\C/C=C\C/C=C\C/C=C\CC)OC(=O)CCCCCC/C=C\C/C=C\C/C=C\C/C=C\C/C=C\C/C=C\CC. The number of unbranched alkanes of at least 4 members (excludes halogenated alkanes) is 27. The van der Waals surface area contributed by atoms with E-state index in [1.165, 1.54) is 83.5 Å². The highest BCUT2D eigenvalue weighted by atomic mass is 31.2. The van der Waals surface area contributed by atoms with E-state index in [1.807, 2.05) is 0 Å². The van der Waals surface area contributed by atoms with Gasteiger partial charge in [0.05, 0.1) is 26.4 Å². The molecule has 0 aliphatic carbocycles. The van der Waals surface area contributed by atoms with Gasteiger partial charge in [-0.15, -0.1) is 0 Å². The molecule has 0 rings (SSSR count). The minimum absolute atomic E-state index is 0.0647. The summed E-state index contributed by atoms with van der Waals surface area (Å²) in [5, 5.41) is 20.7. The molecular weight excluding hydrogens is 1510 g/mol. The molecule has 5 atom stereocenters. The molecule has 16 nitrogen and oxygen atoms in total. The number of phosphoric acid groups is 2. The standard InChI is InChI=1S/C99H162O16P2/c1-4-7-10-13-16-19-22-25-28-31-34-37-40-42-44-45-46-47-49-51-53-55-58-61-64-67-70-73-76-79-82-85-97(102)109-88-94(100)89-111-116(105,106)112-90-95(101)91-113-117(107,108)114-93-96(115-99(104)87-84-81-78-75-72-69-66-63-60-57-52-39-36-33-30-27-24-21-18-15-12-9-6-3)92-110-98(103)86-83-80-77-74-71-68-65-62-59-56-54-50-48-43-41-38-35-32-29-26-23-20-17-14-11-8-5-2/h7-12,16-21,25-30,34-39,42-44,48,54,56-57,60,66,69,94-96,100-101H,4-6,13-15,22-24,31-33,40-41,45-47,49-53,55,58-59,61-65,67-68,70-93H2,1-3H3,(H,105,106)(H,107,108)/b10-7-,11-8-,12-9-,19-16-,20-17-,21-18-,28-25-,29-26-,30-27-,37-34-,38-35-,39-36-,44-42-,48-43-,56-54-,60-57-,69-66-. The fraction of sp³-hybridized carbons (Fsp3) is 0.626. The third-order valence-corrected chi connectivity index (χ3v) is 20.4. The zero-order chi connectivity index (χ0) is 85.1. The molecule has 0 saturated carbocycles. The smallest absolute Gasteiger partial charge is 0.463 e. The third kappa shape index (κ3) is 90.7. The number of carbonyl (C=O) groups is 3. The molecule has 0 aromatic carbocycles. The predicted molar refractivity (Wildman–Crippen MR) is 491 cm³/mol. The van der Waals surface area contributed by atoms with Gasteiger partial charge in [0, 0.05) is 19.3 Å². The van der Waals surface area contributed by atoms with E-state index < -0.39 is 91.5 Å². The molecule has 5 unspecified atom stereocenters. The van der Waals surface area contributed by atoms with Crippen molar-refractivity contribution in [1.29, 1.82) is 0 Å². The highest BCUT2D eigenvalue weighted by Crippen LogP contribution is 2.45. The second-order valence-corrected chi connectivity index (χ2v) is 32.5. The summed E-state index contributed by atoms with van der Waals surface area (Å²) in [5.41, 5.74) is 0. The zero-order valence-corrected chi connectivity index (χ0v) is 74.8. The van der Waals surface area contributed by atoms with Crippen molar-refractivity contribution in [2.24, 2.45) is 0 Å². The summed E-state index contributed by atoms with van der Waals surface area (Å²) in [7, 11) is -9.83. The maximum atomic E-state index is 13.1. The van der Waals surface area contributed by atoms with Crippen LogP contribution in [-0.4, -0.2) is 95.9 Å². The molecule has 0 spiro atoms. The molecule has 18 heteroatoms. The van der Waals surface area contributed by atoms with Gasteiger partial charge in [0.25, 0.3) is 0 Å². The lowest BCUT2D eigenvalue weighted by Crippen LogP contribution is -2.30. The highest BCUT2D eigenvalue weighted by molar-refractivity contribution is 7.47. The molecule has 664 valence electrons. The molecule has 0 aromatic rings. The van der Waals surface area contributed by atoms with Crippen LogP contribution in [0, 0.1) is 0 Å². The Morgan fingerprint density at radius 3 is 0.675 bits per heavy atom. The topological polar surface area (TPSA) is 231 Å². The summed E-state index contributed by atoms with van der Waals surface area (Å²) in [6.07, 6.45) is 120. The van der Waals surface area contributed by atoms with Gasteiger partial charge < -0.3 is 34.2 Å². The van der Waals surface area contributed by atoms with E-state index in [0.717, 1.165) is 199 Å². The first-order valence-corrected chi connectivity index (χ1v) is 48.4. The van der Waals surface area contributed by atoms with Gasteiger partial charge >= 0.3 is 33.6 Å². The molecule has 4 N–H and O–H groups in total. The van der Waals surface area contributed by atoms with Gasteiger partial charge in [0.15, 0.2) is 6.10 Å². The summed E-state index contributed by atoms with van der Waals surface area (Å²) in [4.78, 5) is 59.0. The third-order valence-electron chi connectivity index (χ3n) is 18.5. The Labute approximate surface area is 711 Å². The van der Waals surface area contributed by atoms with Crippen LogP contribution in [0.15, 0.2) is 207 Å². The molecule has 0 saturated heterocycles. The number of aliphatic hydroxyl groups excluding tert-OH is 2. The normalized spacial score (nSPS) is 14.8. The Morgan fingerprint density at radius 2 is 0.427 bits per heavy atom. The maximum Gasteiger partial charge on any atom is 0.472 e. The molecule has 0 aliphatic heterocycles. The van der Waals surface area contributed by atoms with Crippen LogP contribution in [-0.2, 0) is 55.8 Å².